The average molecular weight is 320 g/mol. The van der Waals surface area contributed by atoms with Crippen molar-refractivity contribution in [1.82, 2.24) is 5.32 Å². The first-order chi connectivity index (χ1) is 10.2. The van der Waals surface area contributed by atoms with Crippen LogP contribution in [0.5, 0.6) is 0 Å². The Kier molecular flexibility index (Phi) is 6.50. The molecule has 0 spiro atoms. The van der Waals surface area contributed by atoms with Gasteiger partial charge in [0.15, 0.2) is 0 Å². The summed E-state index contributed by atoms with van der Waals surface area (Å²) in [4.78, 5) is 12.2. The number of rotatable bonds is 3. The van der Waals surface area contributed by atoms with Gasteiger partial charge in [-0.3, -0.25) is 4.79 Å². The minimum atomic E-state index is -0.0260. The number of carbonyl (C=O) groups is 1. The van der Waals surface area contributed by atoms with Crippen molar-refractivity contribution in [3.05, 3.63) is 34.9 Å². The number of nitrogens with two attached hydrogens (primary N) is 1. The number of aryl methyl sites for hydroxylation is 1. The maximum Gasteiger partial charge on any atom is 0.251 e. The van der Waals surface area contributed by atoms with Crippen LogP contribution in [0.25, 0.3) is 0 Å². The van der Waals surface area contributed by atoms with Crippen molar-refractivity contribution in [2.75, 3.05) is 30.3 Å². The van der Waals surface area contributed by atoms with Crippen LogP contribution in [0.15, 0.2) is 18.2 Å². The molecule has 1 aromatic carbocycles. The number of hydrogen-bond donors (Lipinski definition) is 2. The molecule has 0 aromatic heterocycles. The minimum absolute atomic E-state index is 0.0260. The summed E-state index contributed by atoms with van der Waals surface area (Å²) in [5.74, 6) is 9.33. The second-order valence-corrected chi connectivity index (χ2v) is 7.37. The van der Waals surface area contributed by atoms with E-state index in [2.05, 4.69) is 17.2 Å². The fourth-order valence-electron chi connectivity index (χ4n) is 2.01. The van der Waals surface area contributed by atoms with Gasteiger partial charge in [0.05, 0.1) is 6.54 Å². The van der Waals surface area contributed by atoms with Crippen LogP contribution in [0.1, 0.15) is 21.5 Å². The summed E-state index contributed by atoms with van der Waals surface area (Å²) in [6.07, 6.45) is 0. The highest BCUT2D eigenvalue weighted by Crippen LogP contribution is 2.23. The lowest BCUT2D eigenvalue weighted by atomic mass is 10.0. The number of nitrogens with one attached hydrogen (secondary N) is 1. The molecule has 5 heteroatoms. The Morgan fingerprint density at radius 2 is 2.33 bits per heavy atom. The first-order valence-corrected chi connectivity index (χ1v) is 9.18. The molecular formula is C16H20N2OS2. The van der Waals surface area contributed by atoms with Crippen LogP contribution in [0.2, 0.25) is 0 Å². The molecule has 21 heavy (non-hydrogen) atoms. The second-order valence-electron chi connectivity index (χ2n) is 4.81. The molecular weight excluding hydrogens is 300 g/mol. The third kappa shape index (κ3) is 4.99. The average Bonchev–Trinajstić information content (AvgIpc) is 2.53. The maximum absolute atomic E-state index is 12.2. The van der Waals surface area contributed by atoms with Crippen LogP contribution in [0.3, 0.4) is 0 Å². The van der Waals surface area contributed by atoms with E-state index in [9.17, 15) is 4.79 Å². The van der Waals surface area contributed by atoms with Gasteiger partial charge in [0.2, 0.25) is 0 Å². The standard InChI is InChI=1S/C16H20N2OS2/c1-12-4-5-14(9-13(12)3-2-6-17)16(19)18-10-15-11-20-7-8-21-15/h4-5,9,15H,6-8,10-11,17H2,1H3,(H,18,19). The van der Waals surface area contributed by atoms with Crippen molar-refractivity contribution in [1.29, 1.82) is 0 Å². The van der Waals surface area contributed by atoms with E-state index in [0.717, 1.165) is 23.4 Å². The fourth-order valence-corrected chi connectivity index (χ4v) is 4.62. The SMILES string of the molecule is Cc1ccc(C(=O)NCC2CSCCS2)cc1C#CCN. The summed E-state index contributed by atoms with van der Waals surface area (Å²) < 4.78 is 0. The van der Waals surface area contributed by atoms with E-state index in [1.54, 1.807) is 0 Å². The van der Waals surface area contributed by atoms with Gasteiger partial charge in [-0.25, -0.2) is 0 Å². The molecule has 0 bridgehead atoms. The van der Waals surface area contributed by atoms with Crippen LogP contribution in [0, 0.1) is 18.8 Å². The first-order valence-electron chi connectivity index (χ1n) is 6.98. The maximum atomic E-state index is 12.2. The lowest BCUT2D eigenvalue weighted by Gasteiger charge is -2.21. The normalized spacial score (nSPS) is 17.7. The molecule has 3 N–H and O–H groups in total. The molecule has 1 unspecified atom stereocenters. The zero-order valence-electron chi connectivity index (χ0n) is 12.1. The van der Waals surface area contributed by atoms with Crippen molar-refractivity contribution in [3.63, 3.8) is 0 Å². The molecule has 112 valence electrons. The van der Waals surface area contributed by atoms with Crippen LogP contribution in [-0.4, -0.2) is 41.5 Å². The molecule has 1 aliphatic heterocycles. The van der Waals surface area contributed by atoms with Crippen LogP contribution in [-0.2, 0) is 0 Å². The third-order valence-electron chi connectivity index (χ3n) is 3.20. The van der Waals surface area contributed by atoms with E-state index >= 15 is 0 Å². The molecule has 1 atom stereocenters. The Morgan fingerprint density at radius 3 is 3.05 bits per heavy atom. The zero-order chi connectivity index (χ0) is 15.1. The molecule has 0 saturated carbocycles. The monoisotopic (exact) mass is 320 g/mol. The summed E-state index contributed by atoms with van der Waals surface area (Å²) in [5.41, 5.74) is 7.99. The van der Waals surface area contributed by atoms with Gasteiger partial charge >= 0.3 is 0 Å². The van der Waals surface area contributed by atoms with E-state index in [1.807, 2.05) is 48.6 Å². The van der Waals surface area contributed by atoms with E-state index in [4.69, 9.17) is 5.73 Å². The Balaban J connectivity index is 1.98. The molecule has 0 radical (unpaired) electrons. The van der Waals surface area contributed by atoms with E-state index < -0.39 is 0 Å². The van der Waals surface area contributed by atoms with Gasteiger partial charge in [0, 0.05) is 40.2 Å². The Morgan fingerprint density at radius 1 is 1.48 bits per heavy atom. The van der Waals surface area contributed by atoms with Gasteiger partial charge in [0.1, 0.15) is 0 Å². The molecule has 1 heterocycles. The van der Waals surface area contributed by atoms with Crippen LogP contribution in [0.4, 0.5) is 0 Å². The predicted octanol–water partition coefficient (Wildman–Crippen LogP) is 1.88. The number of hydrogen-bond acceptors (Lipinski definition) is 4. The van der Waals surface area contributed by atoms with Crippen molar-refractivity contribution >= 4 is 29.4 Å². The van der Waals surface area contributed by atoms with Crippen LogP contribution < -0.4 is 11.1 Å². The van der Waals surface area contributed by atoms with Crippen molar-refractivity contribution in [2.24, 2.45) is 5.73 Å². The first kappa shape index (κ1) is 16.3. The quantitative estimate of drug-likeness (QED) is 0.835. The smallest absolute Gasteiger partial charge is 0.251 e. The molecule has 1 amide bonds. The lowest BCUT2D eigenvalue weighted by Crippen LogP contribution is -2.33. The van der Waals surface area contributed by atoms with Gasteiger partial charge in [0.25, 0.3) is 5.91 Å². The van der Waals surface area contributed by atoms with E-state index in [0.29, 0.717) is 17.4 Å². The topological polar surface area (TPSA) is 55.1 Å². The van der Waals surface area contributed by atoms with Gasteiger partial charge in [-0.1, -0.05) is 17.9 Å². The second kappa shape index (κ2) is 8.38. The van der Waals surface area contributed by atoms with Crippen molar-refractivity contribution in [2.45, 2.75) is 12.2 Å². The molecule has 2 rings (SSSR count). The lowest BCUT2D eigenvalue weighted by molar-refractivity contribution is 0.0954. The molecule has 1 aliphatic rings. The summed E-state index contributed by atoms with van der Waals surface area (Å²) in [7, 11) is 0. The summed E-state index contributed by atoms with van der Waals surface area (Å²) in [6, 6.07) is 5.62. The Labute approximate surface area is 134 Å². The molecule has 3 nitrogen and oxygen atoms in total. The largest absolute Gasteiger partial charge is 0.351 e. The number of benzene rings is 1. The van der Waals surface area contributed by atoms with Gasteiger partial charge in [-0.2, -0.15) is 23.5 Å². The summed E-state index contributed by atoms with van der Waals surface area (Å²) in [6.45, 7) is 3.04. The summed E-state index contributed by atoms with van der Waals surface area (Å²) in [5, 5.41) is 3.55. The highest BCUT2D eigenvalue weighted by Gasteiger charge is 2.15. The number of thioether (sulfide) groups is 2. The zero-order valence-corrected chi connectivity index (χ0v) is 13.8. The highest BCUT2D eigenvalue weighted by atomic mass is 32.2. The molecule has 1 saturated heterocycles. The summed E-state index contributed by atoms with van der Waals surface area (Å²) >= 11 is 3.91. The van der Waals surface area contributed by atoms with Crippen molar-refractivity contribution < 1.29 is 4.79 Å². The third-order valence-corrected chi connectivity index (χ3v) is 6.04. The molecule has 1 aromatic rings. The van der Waals surface area contributed by atoms with Crippen LogP contribution >= 0.6 is 23.5 Å². The van der Waals surface area contributed by atoms with Gasteiger partial charge in [-0.05, 0) is 24.6 Å². The van der Waals surface area contributed by atoms with E-state index in [1.165, 1.54) is 11.5 Å². The predicted molar refractivity (Wildman–Crippen MR) is 93.0 cm³/mol. The minimum Gasteiger partial charge on any atom is -0.351 e. The molecule has 1 fully saturated rings. The fraction of sp³-hybridized carbons (Fsp3) is 0.438. The highest BCUT2D eigenvalue weighted by molar-refractivity contribution is 8.06. The number of carbonyl (C=O) groups excluding carboxylic acids is 1. The van der Waals surface area contributed by atoms with Crippen molar-refractivity contribution in [3.8, 4) is 11.8 Å². The van der Waals surface area contributed by atoms with Gasteiger partial charge < -0.3 is 11.1 Å². The Bertz CT molecular complexity index is 557. The molecule has 0 aliphatic carbocycles. The van der Waals surface area contributed by atoms with E-state index in [-0.39, 0.29) is 5.91 Å². The van der Waals surface area contributed by atoms with Gasteiger partial charge in [-0.15, -0.1) is 0 Å². The number of amides is 1. The Hall–Kier alpha value is -1.09.